The van der Waals surface area contributed by atoms with E-state index in [-0.39, 0.29) is 5.75 Å². The topological polar surface area (TPSA) is 51.2 Å². The number of benzene rings is 2. The van der Waals surface area contributed by atoms with Crippen LogP contribution in [0.15, 0.2) is 43.0 Å². The Morgan fingerprint density at radius 1 is 0.963 bits per heavy atom. The van der Waals surface area contributed by atoms with E-state index in [2.05, 4.69) is 11.5 Å². The number of rotatable bonds is 8. The third-order valence-corrected chi connectivity index (χ3v) is 4.75. The fourth-order valence-corrected chi connectivity index (χ4v) is 3.37. The predicted octanol–water partition coefficient (Wildman–Crippen LogP) is 4.53. The van der Waals surface area contributed by atoms with Crippen molar-refractivity contribution in [2.24, 2.45) is 0 Å². The minimum absolute atomic E-state index is 0.0338. The molecule has 0 aromatic heterocycles. The number of hydrogen-bond donors (Lipinski definition) is 1. The van der Waals surface area contributed by atoms with Crippen molar-refractivity contribution in [3.8, 4) is 28.7 Å². The van der Waals surface area contributed by atoms with Crippen LogP contribution in [0.25, 0.3) is 0 Å². The third kappa shape index (κ3) is 4.55. The van der Waals surface area contributed by atoms with Gasteiger partial charge in [-0.15, -0.1) is 6.58 Å². The van der Waals surface area contributed by atoms with Crippen LogP contribution in [0.3, 0.4) is 0 Å². The number of hydrogen-bond acceptors (Lipinski definition) is 5. The highest BCUT2D eigenvalue weighted by Crippen LogP contribution is 2.42. The maximum absolute atomic E-state index is 10.4. The monoisotopic (exact) mass is 369 g/mol. The summed E-state index contributed by atoms with van der Waals surface area (Å²) in [5.41, 5.74) is 2.13. The summed E-state index contributed by atoms with van der Waals surface area (Å²) in [7, 11) is 3.14. The Bertz CT molecular complexity index is 797. The zero-order valence-electron chi connectivity index (χ0n) is 16.0. The molecule has 0 unspecified atom stereocenters. The van der Waals surface area contributed by atoms with Crippen LogP contribution in [0.1, 0.15) is 24.0 Å². The molecule has 0 saturated carbocycles. The van der Waals surface area contributed by atoms with Gasteiger partial charge >= 0.3 is 0 Å². The van der Waals surface area contributed by atoms with Gasteiger partial charge in [-0.2, -0.15) is 0 Å². The maximum Gasteiger partial charge on any atom is 0.201 e. The summed E-state index contributed by atoms with van der Waals surface area (Å²) in [5, 5.41) is 10.4. The number of ether oxygens (including phenoxy) is 3. The first-order valence-electron chi connectivity index (χ1n) is 9.22. The van der Waals surface area contributed by atoms with Crippen molar-refractivity contribution in [2.45, 2.75) is 25.8 Å². The van der Waals surface area contributed by atoms with Gasteiger partial charge in [0.25, 0.3) is 0 Å². The smallest absolute Gasteiger partial charge is 0.201 e. The van der Waals surface area contributed by atoms with E-state index in [1.54, 1.807) is 25.3 Å². The molecule has 2 aromatic rings. The molecule has 1 aliphatic rings. The first kappa shape index (κ1) is 19.1. The van der Waals surface area contributed by atoms with Crippen LogP contribution < -0.4 is 14.2 Å². The number of phenols is 1. The molecule has 27 heavy (non-hydrogen) atoms. The number of likely N-dealkylation sites (tertiary alicyclic amines) is 1. The maximum atomic E-state index is 10.4. The summed E-state index contributed by atoms with van der Waals surface area (Å²) >= 11 is 0. The lowest BCUT2D eigenvalue weighted by molar-refractivity contribution is 0.328. The summed E-state index contributed by atoms with van der Waals surface area (Å²) in [4.78, 5) is 2.44. The Hall–Kier alpha value is -2.66. The summed E-state index contributed by atoms with van der Waals surface area (Å²) in [6.07, 6.45) is 4.98. The van der Waals surface area contributed by atoms with Gasteiger partial charge in [0.15, 0.2) is 23.0 Å². The van der Waals surface area contributed by atoms with Crippen molar-refractivity contribution in [1.29, 1.82) is 0 Å². The molecule has 0 amide bonds. The molecule has 1 saturated heterocycles. The first-order chi connectivity index (χ1) is 13.1. The van der Waals surface area contributed by atoms with Crippen LogP contribution in [0.5, 0.6) is 28.7 Å². The molecule has 1 fully saturated rings. The third-order valence-electron chi connectivity index (χ3n) is 4.75. The Labute approximate surface area is 160 Å². The van der Waals surface area contributed by atoms with Crippen molar-refractivity contribution in [3.05, 3.63) is 54.1 Å². The Morgan fingerprint density at radius 2 is 1.63 bits per heavy atom. The van der Waals surface area contributed by atoms with E-state index in [4.69, 9.17) is 14.2 Å². The highest BCUT2D eigenvalue weighted by molar-refractivity contribution is 5.56. The number of nitrogens with zero attached hydrogens (tertiary/aromatic N) is 1. The lowest BCUT2D eigenvalue weighted by Crippen LogP contribution is -2.18. The molecule has 0 radical (unpaired) electrons. The average molecular weight is 369 g/mol. The van der Waals surface area contributed by atoms with E-state index < -0.39 is 0 Å². The molecular weight excluding hydrogens is 342 g/mol. The molecule has 2 aromatic carbocycles. The van der Waals surface area contributed by atoms with Crippen LogP contribution in [0.2, 0.25) is 0 Å². The molecule has 1 N–H and O–H groups in total. The summed E-state index contributed by atoms with van der Waals surface area (Å²) in [6, 6.07) is 9.49. The molecule has 1 heterocycles. The van der Waals surface area contributed by atoms with E-state index in [0.29, 0.717) is 29.4 Å². The molecule has 0 atom stereocenters. The highest BCUT2D eigenvalue weighted by Gasteiger charge is 2.16. The van der Waals surface area contributed by atoms with Crippen LogP contribution in [0, 0.1) is 0 Å². The zero-order chi connectivity index (χ0) is 19.2. The van der Waals surface area contributed by atoms with Crippen molar-refractivity contribution in [1.82, 2.24) is 4.90 Å². The van der Waals surface area contributed by atoms with Crippen molar-refractivity contribution < 1.29 is 19.3 Å². The standard InChI is InChI=1S/C22H27NO4/c1-4-7-16-12-20(26-3)22(24)21(13-16)27-18-9-8-17(14-19(18)25-2)15-23-10-5-6-11-23/h4,8-9,12-14,24H,1,5-7,10-11,15H2,2-3H3. The molecule has 5 heteroatoms. The number of phenolic OH excluding ortho intramolecular Hbond substituents is 1. The van der Waals surface area contributed by atoms with E-state index >= 15 is 0 Å². The quantitative estimate of drug-likeness (QED) is 0.693. The normalized spacial score (nSPS) is 14.1. The summed E-state index contributed by atoms with van der Waals surface area (Å²) < 4.78 is 16.8. The Morgan fingerprint density at radius 3 is 2.30 bits per heavy atom. The lowest BCUT2D eigenvalue weighted by atomic mass is 10.1. The average Bonchev–Trinajstić information content (AvgIpc) is 3.18. The minimum Gasteiger partial charge on any atom is -0.502 e. The van der Waals surface area contributed by atoms with Gasteiger partial charge < -0.3 is 19.3 Å². The number of aromatic hydroxyl groups is 1. The van der Waals surface area contributed by atoms with E-state index in [1.807, 2.05) is 18.2 Å². The van der Waals surface area contributed by atoms with Crippen LogP contribution >= 0.6 is 0 Å². The van der Waals surface area contributed by atoms with Crippen LogP contribution in [-0.4, -0.2) is 37.3 Å². The second-order valence-electron chi connectivity index (χ2n) is 6.71. The summed E-state index contributed by atoms with van der Waals surface area (Å²) in [6.45, 7) is 6.95. The lowest BCUT2D eigenvalue weighted by Gasteiger charge is -2.17. The molecule has 0 bridgehead atoms. The number of allylic oxidation sites excluding steroid dienone is 1. The van der Waals surface area contributed by atoms with Crippen molar-refractivity contribution in [2.75, 3.05) is 27.3 Å². The second-order valence-corrected chi connectivity index (χ2v) is 6.71. The molecular formula is C22H27NO4. The van der Waals surface area contributed by atoms with Crippen molar-refractivity contribution >= 4 is 0 Å². The SMILES string of the molecule is C=CCc1cc(OC)c(O)c(Oc2ccc(CN3CCCC3)cc2OC)c1. The summed E-state index contributed by atoms with van der Waals surface area (Å²) in [5.74, 6) is 1.86. The van der Waals surface area contributed by atoms with Gasteiger partial charge in [0.1, 0.15) is 0 Å². The highest BCUT2D eigenvalue weighted by atomic mass is 16.5. The first-order valence-corrected chi connectivity index (χ1v) is 9.22. The fraction of sp³-hybridized carbons (Fsp3) is 0.364. The van der Waals surface area contributed by atoms with Gasteiger partial charge in [0.05, 0.1) is 14.2 Å². The van der Waals surface area contributed by atoms with Crippen molar-refractivity contribution in [3.63, 3.8) is 0 Å². The van der Waals surface area contributed by atoms with Crippen LogP contribution in [0.4, 0.5) is 0 Å². The van der Waals surface area contributed by atoms with E-state index in [9.17, 15) is 5.11 Å². The second kappa shape index (κ2) is 8.82. The van der Waals surface area contributed by atoms with Gasteiger partial charge in [-0.05, 0) is 67.7 Å². The molecule has 0 aliphatic carbocycles. The molecule has 144 valence electrons. The van der Waals surface area contributed by atoms with Crippen LogP contribution in [-0.2, 0) is 13.0 Å². The largest absolute Gasteiger partial charge is 0.502 e. The van der Waals surface area contributed by atoms with Gasteiger partial charge in [-0.3, -0.25) is 4.90 Å². The Balaban J connectivity index is 1.85. The van der Waals surface area contributed by atoms with Gasteiger partial charge in [-0.25, -0.2) is 0 Å². The molecule has 5 nitrogen and oxygen atoms in total. The Kier molecular flexibility index (Phi) is 6.24. The number of methoxy groups -OCH3 is 2. The van der Waals surface area contributed by atoms with Gasteiger partial charge in [-0.1, -0.05) is 12.1 Å². The van der Waals surface area contributed by atoms with Gasteiger partial charge in [0, 0.05) is 6.54 Å². The minimum atomic E-state index is -0.0338. The molecule has 1 aliphatic heterocycles. The zero-order valence-corrected chi connectivity index (χ0v) is 16.0. The fourth-order valence-electron chi connectivity index (χ4n) is 3.37. The predicted molar refractivity (Wildman–Crippen MR) is 106 cm³/mol. The van der Waals surface area contributed by atoms with E-state index in [1.165, 1.54) is 25.5 Å². The van der Waals surface area contributed by atoms with Gasteiger partial charge in [0.2, 0.25) is 5.75 Å². The molecule has 0 spiro atoms. The molecule has 3 rings (SSSR count). The van der Waals surface area contributed by atoms with E-state index in [0.717, 1.165) is 25.2 Å².